The highest BCUT2D eigenvalue weighted by Crippen LogP contribution is 2.35. The van der Waals surface area contributed by atoms with Crippen LogP contribution in [0.15, 0.2) is 42.5 Å². The number of nitro benzene ring substituents is 1. The normalized spacial score (nSPS) is 10.3. The number of thiophene rings is 1. The average molecular weight is 416 g/mol. The van der Waals surface area contributed by atoms with E-state index in [4.69, 9.17) is 21.6 Å². The number of hydrogen-bond donors (Lipinski definition) is 1. The molecule has 1 heterocycles. The molecule has 0 bridgehead atoms. The number of non-ortho nitro benzene ring substituents is 1. The number of carbonyl (C=O) groups excluding carboxylic acids is 2. The van der Waals surface area contributed by atoms with Crippen LogP contribution in [0.3, 0.4) is 0 Å². The first-order valence-electron chi connectivity index (χ1n) is 7.73. The molecule has 1 N–H and O–H groups in total. The fraction of sp³-hybridized carbons (Fsp3) is 0.0556. The number of halogens is 1. The van der Waals surface area contributed by atoms with Crippen molar-refractivity contribution in [2.24, 2.45) is 0 Å². The monoisotopic (exact) mass is 415 g/mol. The topological polar surface area (TPSA) is 122 Å². The third-order valence-corrected chi connectivity index (χ3v) is 5.32. The number of ether oxygens (including phenoxy) is 1. The summed E-state index contributed by atoms with van der Waals surface area (Å²) in [6, 6.07) is 12.4. The van der Waals surface area contributed by atoms with Gasteiger partial charge >= 0.3 is 5.97 Å². The van der Waals surface area contributed by atoms with Gasteiger partial charge in [-0.3, -0.25) is 14.9 Å². The van der Waals surface area contributed by atoms with Crippen molar-refractivity contribution in [1.29, 1.82) is 5.26 Å². The quantitative estimate of drug-likeness (QED) is 0.379. The van der Waals surface area contributed by atoms with Crippen molar-refractivity contribution in [3.63, 3.8) is 0 Å². The number of benzene rings is 2. The first kappa shape index (κ1) is 19.3. The minimum Gasteiger partial charge on any atom is -0.451 e. The largest absolute Gasteiger partial charge is 0.451 e. The Hall–Kier alpha value is -3.48. The summed E-state index contributed by atoms with van der Waals surface area (Å²) in [5, 5.41) is 23.2. The Morgan fingerprint density at radius 1 is 1.29 bits per heavy atom. The van der Waals surface area contributed by atoms with Crippen molar-refractivity contribution >= 4 is 56.3 Å². The molecule has 28 heavy (non-hydrogen) atoms. The molecule has 0 saturated heterocycles. The summed E-state index contributed by atoms with van der Waals surface area (Å²) in [7, 11) is 0. The second-order valence-electron chi connectivity index (χ2n) is 5.46. The second-order valence-corrected chi connectivity index (χ2v) is 6.89. The Kier molecular flexibility index (Phi) is 5.54. The molecule has 1 amide bonds. The van der Waals surface area contributed by atoms with Crippen molar-refractivity contribution in [2.75, 3.05) is 11.9 Å². The van der Waals surface area contributed by atoms with Gasteiger partial charge in [0.2, 0.25) is 0 Å². The Bertz CT molecular complexity index is 1150. The van der Waals surface area contributed by atoms with E-state index in [1.54, 1.807) is 18.2 Å². The molecule has 0 fully saturated rings. The van der Waals surface area contributed by atoms with Gasteiger partial charge in [-0.05, 0) is 12.1 Å². The van der Waals surface area contributed by atoms with Gasteiger partial charge in [0, 0.05) is 22.2 Å². The highest BCUT2D eigenvalue weighted by Gasteiger charge is 2.20. The van der Waals surface area contributed by atoms with Crippen LogP contribution in [0.2, 0.25) is 5.02 Å². The van der Waals surface area contributed by atoms with Gasteiger partial charge in [-0.1, -0.05) is 29.8 Å². The summed E-state index contributed by atoms with van der Waals surface area (Å²) in [4.78, 5) is 34.5. The molecule has 0 spiro atoms. The zero-order chi connectivity index (χ0) is 20.3. The Morgan fingerprint density at radius 3 is 2.71 bits per heavy atom. The number of rotatable bonds is 5. The third kappa shape index (κ3) is 3.93. The minimum absolute atomic E-state index is 0.0778. The van der Waals surface area contributed by atoms with Gasteiger partial charge in [-0.25, -0.2) is 4.79 Å². The molecule has 0 unspecified atom stereocenters. The molecule has 3 aromatic rings. The van der Waals surface area contributed by atoms with Crippen LogP contribution in [0.25, 0.3) is 10.1 Å². The fourth-order valence-corrected chi connectivity index (χ4v) is 3.78. The molecule has 140 valence electrons. The highest BCUT2D eigenvalue weighted by atomic mass is 35.5. The summed E-state index contributed by atoms with van der Waals surface area (Å²) >= 11 is 7.35. The number of nitrogens with one attached hydrogen (secondary N) is 1. The molecule has 0 aliphatic heterocycles. The Labute approximate surface area is 167 Å². The molecule has 0 radical (unpaired) electrons. The van der Waals surface area contributed by atoms with E-state index in [0.717, 1.165) is 33.6 Å². The van der Waals surface area contributed by atoms with E-state index < -0.39 is 23.4 Å². The van der Waals surface area contributed by atoms with Gasteiger partial charge in [0.15, 0.2) is 6.61 Å². The van der Waals surface area contributed by atoms with Crippen LogP contribution in [0.5, 0.6) is 0 Å². The number of carbonyl (C=O) groups is 2. The summed E-state index contributed by atoms with van der Waals surface area (Å²) in [6.45, 7) is -0.606. The van der Waals surface area contributed by atoms with E-state index in [0.29, 0.717) is 0 Å². The van der Waals surface area contributed by atoms with Gasteiger partial charge in [0.1, 0.15) is 10.9 Å². The molecule has 3 rings (SSSR count). The summed E-state index contributed by atoms with van der Waals surface area (Å²) < 4.78 is 5.81. The van der Waals surface area contributed by atoms with Crippen LogP contribution < -0.4 is 5.32 Å². The summed E-state index contributed by atoms with van der Waals surface area (Å²) in [6.07, 6.45) is 0. The molecule has 0 atom stereocenters. The fourth-order valence-electron chi connectivity index (χ4n) is 2.38. The molecule has 0 aliphatic rings. The third-order valence-electron chi connectivity index (χ3n) is 3.66. The van der Waals surface area contributed by atoms with Gasteiger partial charge in [-0.15, -0.1) is 11.3 Å². The van der Waals surface area contributed by atoms with Crippen molar-refractivity contribution in [3.8, 4) is 6.07 Å². The van der Waals surface area contributed by atoms with Crippen LogP contribution in [0.1, 0.15) is 15.2 Å². The van der Waals surface area contributed by atoms with E-state index >= 15 is 0 Å². The number of anilines is 1. The molecule has 2 aromatic carbocycles. The predicted molar refractivity (Wildman–Crippen MR) is 104 cm³/mol. The smallest absolute Gasteiger partial charge is 0.350 e. The Morgan fingerprint density at radius 2 is 2.04 bits per heavy atom. The number of esters is 1. The number of nitriles is 1. The second kappa shape index (κ2) is 8.04. The molecular weight excluding hydrogens is 406 g/mol. The minimum atomic E-state index is -0.745. The molecule has 10 heteroatoms. The number of amides is 1. The van der Waals surface area contributed by atoms with E-state index in [1.165, 1.54) is 6.07 Å². The van der Waals surface area contributed by atoms with Gasteiger partial charge in [0.25, 0.3) is 11.6 Å². The van der Waals surface area contributed by atoms with Crippen LogP contribution in [0.4, 0.5) is 11.4 Å². The lowest BCUT2D eigenvalue weighted by Gasteiger charge is -2.07. The van der Waals surface area contributed by atoms with Crippen LogP contribution in [-0.2, 0) is 9.53 Å². The maximum Gasteiger partial charge on any atom is 0.350 e. The lowest BCUT2D eigenvalue weighted by Crippen LogP contribution is -2.21. The lowest BCUT2D eigenvalue weighted by atomic mass is 10.1. The first-order chi connectivity index (χ1) is 13.4. The van der Waals surface area contributed by atoms with E-state index in [1.807, 2.05) is 12.1 Å². The van der Waals surface area contributed by atoms with Gasteiger partial charge < -0.3 is 10.1 Å². The Balaban J connectivity index is 1.67. The lowest BCUT2D eigenvalue weighted by molar-refractivity contribution is -0.384. The first-order valence-corrected chi connectivity index (χ1v) is 8.92. The van der Waals surface area contributed by atoms with Crippen molar-refractivity contribution < 1.29 is 19.2 Å². The molecule has 0 aliphatic carbocycles. The van der Waals surface area contributed by atoms with Gasteiger partial charge in [0.05, 0.1) is 21.2 Å². The molecule has 8 nitrogen and oxygen atoms in total. The van der Waals surface area contributed by atoms with Crippen LogP contribution in [-0.4, -0.2) is 23.4 Å². The van der Waals surface area contributed by atoms with Crippen LogP contribution in [0, 0.1) is 21.4 Å². The number of nitro groups is 1. The van der Waals surface area contributed by atoms with E-state index in [-0.39, 0.29) is 26.8 Å². The van der Waals surface area contributed by atoms with Crippen molar-refractivity contribution in [1.82, 2.24) is 0 Å². The zero-order valence-corrected chi connectivity index (χ0v) is 15.5. The zero-order valence-electron chi connectivity index (χ0n) is 14.0. The van der Waals surface area contributed by atoms with Crippen molar-refractivity contribution in [3.05, 3.63) is 68.0 Å². The number of fused-ring (bicyclic) bond motifs is 1. The summed E-state index contributed by atoms with van der Waals surface area (Å²) in [5.74, 6) is -1.44. The maximum atomic E-state index is 12.2. The molecule has 0 saturated carbocycles. The van der Waals surface area contributed by atoms with Crippen molar-refractivity contribution in [2.45, 2.75) is 0 Å². The predicted octanol–water partition coefficient (Wildman–Crippen LogP) is 4.13. The molecular formula is C18H10ClN3O5S. The number of nitrogens with zero attached hydrogens (tertiary/aromatic N) is 2. The maximum absolute atomic E-state index is 12.2. The highest BCUT2D eigenvalue weighted by molar-refractivity contribution is 7.21. The SMILES string of the molecule is N#Cc1cc([N+](=O)[O-])ccc1NC(=O)COC(=O)c1sc2ccccc2c1Cl. The van der Waals surface area contributed by atoms with Crippen LogP contribution >= 0.6 is 22.9 Å². The molecule has 1 aromatic heterocycles. The standard InChI is InChI=1S/C18H10ClN3O5S/c19-16-12-3-1-2-4-14(12)28-17(16)18(24)27-9-15(23)21-13-6-5-11(22(25)26)7-10(13)8-20/h1-7H,9H2,(H,21,23). The number of hydrogen-bond acceptors (Lipinski definition) is 7. The van der Waals surface area contributed by atoms with E-state index in [2.05, 4.69) is 5.32 Å². The summed E-state index contributed by atoms with van der Waals surface area (Å²) in [5.41, 5.74) is -0.282. The van der Waals surface area contributed by atoms with E-state index in [9.17, 15) is 19.7 Å². The average Bonchev–Trinajstić information content (AvgIpc) is 3.03. The van der Waals surface area contributed by atoms with Gasteiger partial charge in [-0.2, -0.15) is 5.26 Å².